The molecular formula is C50H66N18O21. The van der Waals surface area contributed by atoms with Gasteiger partial charge in [0.05, 0.1) is 50.5 Å². The molecule has 39 heteroatoms. The van der Waals surface area contributed by atoms with Crippen molar-refractivity contribution in [3.63, 3.8) is 0 Å². The van der Waals surface area contributed by atoms with Gasteiger partial charge in [0.25, 0.3) is 5.91 Å². The van der Waals surface area contributed by atoms with Gasteiger partial charge in [0, 0.05) is 35.2 Å². The van der Waals surface area contributed by atoms with Crippen LogP contribution in [0.3, 0.4) is 0 Å². The fourth-order valence-corrected chi connectivity index (χ4v) is 7.94. The maximum Gasteiger partial charge on any atom is 0.326 e. The molecule has 482 valence electrons. The minimum Gasteiger partial charge on any atom is -0.492 e. The number of unbranched alkanes of at least 4 members (excludes halogenated alkanes) is 1. The van der Waals surface area contributed by atoms with Gasteiger partial charge in [0.1, 0.15) is 42.3 Å². The Bertz CT molecular complexity index is 3160. The summed E-state index contributed by atoms with van der Waals surface area (Å²) < 4.78 is 0. The lowest BCUT2D eigenvalue weighted by molar-refractivity contribution is -0.145. The van der Waals surface area contributed by atoms with Crippen molar-refractivity contribution in [3.05, 3.63) is 52.2 Å². The summed E-state index contributed by atoms with van der Waals surface area (Å²) in [6, 6.07) is -8.94. The Balaban J connectivity index is 1.73. The number of azide groups is 1. The molecule has 2 heterocycles. The van der Waals surface area contributed by atoms with Gasteiger partial charge in [-0.2, -0.15) is 9.97 Å². The normalized spacial score (nSPS) is 13.5. The first-order valence-electron chi connectivity index (χ1n) is 26.8. The van der Waals surface area contributed by atoms with E-state index in [0.717, 1.165) is 0 Å². The van der Waals surface area contributed by atoms with Crippen LogP contribution in [-0.4, -0.2) is 200 Å². The number of carbonyl (C=O) groups excluding carboxylic acids is 8. The molecule has 0 aliphatic rings. The van der Waals surface area contributed by atoms with Crippen LogP contribution in [-0.2, 0) is 68.9 Å². The molecule has 0 saturated carbocycles. The molecule has 3 aromatic rings. The number of rotatable bonds is 40. The lowest BCUT2D eigenvalue weighted by Crippen LogP contribution is -2.60. The fraction of sp³-hybridized carbons (Fsp3) is 0.480. The molecule has 8 atom stereocenters. The number of carboxylic acids is 6. The molecule has 0 aliphatic carbocycles. The zero-order valence-corrected chi connectivity index (χ0v) is 47.2. The largest absolute Gasteiger partial charge is 0.492 e. The summed E-state index contributed by atoms with van der Waals surface area (Å²) in [4.78, 5) is 197. The van der Waals surface area contributed by atoms with Crippen molar-refractivity contribution in [1.29, 1.82) is 0 Å². The highest BCUT2D eigenvalue weighted by Gasteiger charge is 2.37. The van der Waals surface area contributed by atoms with E-state index in [2.05, 4.69) is 56.5 Å². The second kappa shape index (κ2) is 36.0. The average Bonchev–Trinajstić information content (AvgIpc) is 3.02. The number of nitrogen functional groups attached to an aromatic ring is 1. The van der Waals surface area contributed by atoms with Crippen LogP contribution in [0.25, 0.3) is 21.6 Å². The molecule has 0 bridgehead atoms. The van der Waals surface area contributed by atoms with E-state index in [1.807, 2.05) is 21.3 Å². The van der Waals surface area contributed by atoms with Crippen molar-refractivity contribution in [2.75, 3.05) is 24.1 Å². The second-order valence-corrected chi connectivity index (χ2v) is 19.5. The van der Waals surface area contributed by atoms with Gasteiger partial charge < -0.3 is 95.1 Å². The van der Waals surface area contributed by atoms with Gasteiger partial charge in [-0.05, 0) is 81.8 Å². The highest BCUT2D eigenvalue weighted by Crippen LogP contribution is 2.19. The smallest absolute Gasteiger partial charge is 0.326 e. The quantitative estimate of drug-likeness (QED) is 0.0113. The molecule has 20 N–H and O–H groups in total. The van der Waals surface area contributed by atoms with Crippen LogP contribution < -0.4 is 59.3 Å². The van der Waals surface area contributed by atoms with Crippen LogP contribution in [0.2, 0.25) is 0 Å². The van der Waals surface area contributed by atoms with Gasteiger partial charge in [-0.3, -0.25) is 62.3 Å². The third-order valence-corrected chi connectivity index (χ3v) is 12.3. The molecular weight excluding hydrogens is 1190 g/mol. The summed E-state index contributed by atoms with van der Waals surface area (Å²) >= 11 is 0. The van der Waals surface area contributed by atoms with E-state index in [-0.39, 0.29) is 68.0 Å². The Labute approximate surface area is 501 Å². The Morgan fingerprint density at radius 2 is 1.00 bits per heavy atom. The first-order chi connectivity index (χ1) is 42.0. The van der Waals surface area contributed by atoms with Crippen molar-refractivity contribution < 1.29 is 103 Å². The third-order valence-electron chi connectivity index (χ3n) is 12.3. The van der Waals surface area contributed by atoms with Gasteiger partial charge in [-0.15, -0.1) is 0 Å². The van der Waals surface area contributed by atoms with E-state index >= 15 is 0 Å². The topological polar surface area (TPSA) is 641 Å². The number of anilines is 2. The number of carboxylic acid groups (broad SMARTS) is 6. The number of benzene rings is 1. The van der Waals surface area contributed by atoms with Crippen LogP contribution in [0, 0.1) is 0 Å². The lowest BCUT2D eigenvalue weighted by Gasteiger charge is -2.27. The van der Waals surface area contributed by atoms with Crippen molar-refractivity contribution in [2.24, 2.45) is 10.8 Å². The maximum atomic E-state index is 13.8. The Hall–Kier alpha value is -11.1. The summed E-state index contributed by atoms with van der Waals surface area (Å²) in [5.74, 6) is -21.3. The van der Waals surface area contributed by atoms with Gasteiger partial charge in [0.2, 0.25) is 53.2 Å². The van der Waals surface area contributed by atoms with E-state index < -0.39 is 182 Å². The van der Waals surface area contributed by atoms with Crippen molar-refractivity contribution >= 4 is 106 Å². The summed E-state index contributed by atoms with van der Waals surface area (Å²) in [5, 5.41) is 90.9. The average molecular weight is 1260 g/mol. The lowest BCUT2D eigenvalue weighted by atomic mass is 10.1. The molecule has 3 rings (SSSR count). The molecule has 0 spiro atoms. The predicted octanol–water partition coefficient (Wildman–Crippen LogP) is -3.71. The van der Waals surface area contributed by atoms with Crippen LogP contribution in [0.15, 0.2) is 35.6 Å². The van der Waals surface area contributed by atoms with E-state index in [9.17, 15) is 103 Å². The zero-order valence-electron chi connectivity index (χ0n) is 47.2. The molecule has 0 saturated heterocycles. The van der Waals surface area contributed by atoms with Gasteiger partial charge >= 0.3 is 35.8 Å². The number of fused-ring (bicyclic) bond motifs is 1. The Morgan fingerprint density at radius 1 is 0.562 bits per heavy atom. The molecule has 0 aliphatic heterocycles. The van der Waals surface area contributed by atoms with E-state index in [4.69, 9.17) is 17.0 Å². The first kappa shape index (κ1) is 72.2. The number of nitrogens with one attached hydrogen (secondary N) is 9. The molecule has 0 radical (unpaired) electrons. The molecule has 8 amide bonds. The minimum absolute atomic E-state index is 0.0312. The van der Waals surface area contributed by atoms with Crippen LogP contribution in [0.5, 0.6) is 5.88 Å². The maximum absolute atomic E-state index is 13.8. The van der Waals surface area contributed by atoms with Gasteiger partial charge in [-0.1, -0.05) is 5.11 Å². The summed E-state index contributed by atoms with van der Waals surface area (Å²) in [5.41, 5.74) is 21.0. The number of hydrogen-bond acceptors (Lipinski definition) is 23. The number of amides is 8. The zero-order chi connectivity index (χ0) is 66.5. The van der Waals surface area contributed by atoms with E-state index in [1.54, 1.807) is 12.1 Å². The highest BCUT2D eigenvalue weighted by molar-refractivity contribution is 6.00. The van der Waals surface area contributed by atoms with Gasteiger partial charge in [0.15, 0.2) is 11.2 Å². The molecule has 39 nitrogen and oxygen atoms in total. The third kappa shape index (κ3) is 26.0. The van der Waals surface area contributed by atoms with Crippen molar-refractivity contribution in [1.82, 2.24) is 62.5 Å². The summed E-state index contributed by atoms with van der Waals surface area (Å²) in [6.07, 6.45) is -5.85. The van der Waals surface area contributed by atoms with Crippen LogP contribution in [0.4, 0.5) is 11.6 Å². The van der Waals surface area contributed by atoms with Crippen molar-refractivity contribution in [3.8, 4) is 5.88 Å². The predicted molar refractivity (Wildman–Crippen MR) is 300 cm³/mol. The summed E-state index contributed by atoms with van der Waals surface area (Å²) in [7, 11) is 0. The SMILES string of the molecule is C[C@H](CCC(=O)N[C@H](CC(=O)O)C(=O)N[C@H](CC(=O)O)C(=O)N[C@H](CC(=O)O)C(=O)N[C@@H](CCCN=[N+]=[N-])C(=O)N[C@H](CC(=O)O)C(=O)N[C@H](CC(=O)O)C(=O)N[C@H](CCCCN)C(=O)O)NC(=O)c1ccc(NCc2cnc3nc(N)nc(O)c3n2)cc1. The molecule has 2 aromatic heterocycles. The highest BCUT2D eigenvalue weighted by atomic mass is 16.4. The number of aliphatic carboxylic acids is 6. The molecule has 0 fully saturated rings. The number of nitrogens with zero attached hydrogens (tertiary/aromatic N) is 7. The number of aromatic nitrogens is 4. The Morgan fingerprint density at radius 3 is 1.45 bits per heavy atom. The van der Waals surface area contributed by atoms with Crippen molar-refractivity contribution in [2.45, 2.75) is 139 Å². The first-order valence-corrected chi connectivity index (χ1v) is 26.8. The number of carbonyl (C=O) groups is 14. The van der Waals surface area contributed by atoms with E-state index in [0.29, 0.717) is 17.8 Å². The Kier molecular flexibility index (Phi) is 29.2. The second-order valence-electron chi connectivity index (χ2n) is 19.5. The molecule has 0 unspecified atom stereocenters. The number of aromatic hydroxyl groups is 1. The van der Waals surface area contributed by atoms with Crippen LogP contribution >= 0.6 is 0 Å². The molecule has 1 aromatic carbocycles. The standard InChI is InChI=1S/C50H66N18O21/c1-22(57-41(80)23-8-10-24(11-9-23)54-20-25-21-55-40-39(58-25)48(87)67-50(52)66-40)7-12-33(69)59-28(15-34(70)71)43(82)63-32(19-38(78)79)47(86)64-29(16-35(72)73)44(83)60-26(6-4-14-56-68-53)42(81)62-31(18-37(76)77)46(85)65-30(17-36(74)75)45(84)61-27(49(88)89)5-2-3-13-51/h8-11,21-22,26-32,54H,2-7,12-20,51H2,1H3,(H,57,80)(H,59,69)(H,60,83)(H,61,84)(H,62,81)(H,63,82)(H,64,86)(H,65,85)(H,70,71)(H,72,73)(H,74,75)(H,76,77)(H,78,79)(H,88,89)(H3,52,55,66,67,87)/t22-,26+,27-,28-,29-,30-,31-,32-/m1/s1. The molecule has 89 heavy (non-hydrogen) atoms. The minimum atomic E-state index is -2.27. The van der Waals surface area contributed by atoms with Crippen LogP contribution in [0.1, 0.15) is 100 Å². The number of hydrogen-bond donors (Lipinski definition) is 18. The van der Waals surface area contributed by atoms with E-state index in [1.165, 1.54) is 25.3 Å². The summed E-state index contributed by atoms with van der Waals surface area (Å²) in [6.45, 7) is 1.46. The fourth-order valence-electron chi connectivity index (χ4n) is 7.94. The van der Waals surface area contributed by atoms with Gasteiger partial charge in [-0.25, -0.2) is 14.8 Å². The monoisotopic (exact) mass is 1250 g/mol. The number of nitrogens with two attached hydrogens (primary N) is 2.